The molecule has 6 heteroatoms. The number of fused-ring (bicyclic) bond motifs is 1. The fourth-order valence-corrected chi connectivity index (χ4v) is 1.44. The quantitative estimate of drug-likeness (QED) is 0.652. The third-order valence-electron chi connectivity index (χ3n) is 1.68. The first-order valence-corrected chi connectivity index (χ1v) is 5.25. The van der Waals surface area contributed by atoms with Crippen LogP contribution in [0.4, 0.5) is 0 Å². The second kappa shape index (κ2) is 2.88. The van der Waals surface area contributed by atoms with Crippen LogP contribution in [0.1, 0.15) is 5.82 Å². The largest absolute Gasteiger partial charge is 0.251 e. The fraction of sp³-hybridized carbons (Fsp3) is 0.286. The Morgan fingerprint density at radius 2 is 2.08 bits per heavy atom. The van der Waals surface area contributed by atoms with Gasteiger partial charge in [0.2, 0.25) is 5.16 Å². The van der Waals surface area contributed by atoms with E-state index in [0.29, 0.717) is 5.16 Å². The molecule has 2 aromatic rings. The van der Waals surface area contributed by atoms with E-state index in [9.17, 15) is 4.21 Å². The Kier molecular flexibility index (Phi) is 1.84. The Bertz CT molecular complexity index is 478. The van der Waals surface area contributed by atoms with Gasteiger partial charge in [-0.25, -0.2) is 14.5 Å². The van der Waals surface area contributed by atoms with Gasteiger partial charge in [0.1, 0.15) is 11.3 Å². The van der Waals surface area contributed by atoms with Crippen molar-refractivity contribution in [3.63, 3.8) is 0 Å². The summed E-state index contributed by atoms with van der Waals surface area (Å²) in [5.41, 5.74) is 0.812. The summed E-state index contributed by atoms with van der Waals surface area (Å²) in [5.74, 6) is 0.768. The molecule has 0 N–H and O–H groups in total. The van der Waals surface area contributed by atoms with E-state index < -0.39 is 10.8 Å². The van der Waals surface area contributed by atoms with Crippen LogP contribution in [0.15, 0.2) is 17.6 Å². The van der Waals surface area contributed by atoms with Crippen molar-refractivity contribution < 1.29 is 4.21 Å². The van der Waals surface area contributed by atoms with Crippen molar-refractivity contribution >= 4 is 16.3 Å². The second-order valence-corrected chi connectivity index (χ2v) is 3.91. The van der Waals surface area contributed by atoms with E-state index in [1.165, 1.54) is 0 Å². The van der Waals surface area contributed by atoms with E-state index in [4.69, 9.17) is 0 Å². The number of hydrogen-bond acceptors (Lipinski definition) is 4. The summed E-state index contributed by atoms with van der Waals surface area (Å²) in [4.78, 5) is 8.01. The fourth-order valence-electron chi connectivity index (χ4n) is 1.04. The van der Waals surface area contributed by atoms with E-state index >= 15 is 0 Å². The van der Waals surface area contributed by atoms with Crippen LogP contribution < -0.4 is 0 Å². The topological polar surface area (TPSA) is 60.2 Å². The molecule has 0 aliphatic rings. The molecule has 0 fully saturated rings. The average Bonchev–Trinajstić information content (AvgIpc) is 2.47. The number of nitrogens with zero attached hydrogens (tertiary/aromatic N) is 4. The monoisotopic (exact) mass is 196 g/mol. The van der Waals surface area contributed by atoms with E-state index in [0.717, 1.165) is 11.3 Å². The zero-order valence-electron chi connectivity index (χ0n) is 7.26. The molecule has 0 aliphatic heterocycles. The lowest BCUT2D eigenvalue weighted by Gasteiger charge is -1.96. The number of rotatable bonds is 1. The molecule has 0 saturated heterocycles. The highest BCUT2D eigenvalue weighted by Gasteiger charge is 2.05. The van der Waals surface area contributed by atoms with Crippen molar-refractivity contribution in [3.8, 4) is 0 Å². The Labute approximate surface area is 77.3 Å². The molecule has 1 atom stereocenters. The first kappa shape index (κ1) is 8.31. The standard InChI is InChI=1S/C7H8N4OS/c1-5-8-3-6-4-9-7(13(2)12)10-11(5)6/h3-4H,1-2H3. The summed E-state index contributed by atoms with van der Waals surface area (Å²) in [7, 11) is -1.15. The number of hydrogen-bond donors (Lipinski definition) is 0. The molecular formula is C7H8N4OS. The third-order valence-corrected chi connectivity index (χ3v) is 2.39. The minimum absolute atomic E-state index is 0.327. The molecular weight excluding hydrogens is 188 g/mol. The van der Waals surface area contributed by atoms with Crippen molar-refractivity contribution in [1.82, 2.24) is 19.6 Å². The molecule has 2 heterocycles. The first-order valence-electron chi connectivity index (χ1n) is 3.69. The van der Waals surface area contributed by atoms with Crippen LogP contribution in [0.25, 0.3) is 5.52 Å². The Morgan fingerprint density at radius 3 is 2.77 bits per heavy atom. The smallest absolute Gasteiger partial charge is 0.237 e. The van der Waals surface area contributed by atoms with Crippen molar-refractivity contribution in [1.29, 1.82) is 0 Å². The van der Waals surface area contributed by atoms with Crippen molar-refractivity contribution in [2.45, 2.75) is 12.1 Å². The van der Waals surface area contributed by atoms with Gasteiger partial charge in [-0.2, -0.15) is 0 Å². The molecule has 5 nitrogen and oxygen atoms in total. The summed E-state index contributed by atoms with van der Waals surface area (Å²) in [6.07, 6.45) is 4.84. The van der Waals surface area contributed by atoms with Crippen LogP contribution in [0, 0.1) is 6.92 Å². The summed E-state index contributed by atoms with van der Waals surface area (Å²) >= 11 is 0. The molecule has 0 radical (unpaired) electrons. The van der Waals surface area contributed by atoms with Crippen molar-refractivity contribution in [2.75, 3.05) is 6.26 Å². The van der Waals surface area contributed by atoms with E-state index in [2.05, 4.69) is 15.1 Å². The minimum Gasteiger partial charge on any atom is -0.251 e. The summed E-state index contributed by atoms with van der Waals surface area (Å²) in [6, 6.07) is 0. The highest BCUT2D eigenvalue weighted by molar-refractivity contribution is 7.84. The predicted molar refractivity (Wildman–Crippen MR) is 47.9 cm³/mol. The molecule has 1 unspecified atom stereocenters. The van der Waals surface area contributed by atoms with Crippen LogP contribution in [0.2, 0.25) is 0 Å². The minimum atomic E-state index is -1.15. The maximum absolute atomic E-state index is 11.1. The highest BCUT2D eigenvalue weighted by Crippen LogP contribution is 2.03. The van der Waals surface area contributed by atoms with Gasteiger partial charge in [0.15, 0.2) is 0 Å². The summed E-state index contributed by atoms with van der Waals surface area (Å²) in [6.45, 7) is 1.84. The average molecular weight is 196 g/mol. The van der Waals surface area contributed by atoms with Gasteiger partial charge in [-0.05, 0) is 6.92 Å². The number of imidazole rings is 1. The van der Waals surface area contributed by atoms with E-state index in [1.54, 1.807) is 23.2 Å². The summed E-state index contributed by atoms with van der Waals surface area (Å²) < 4.78 is 12.7. The zero-order chi connectivity index (χ0) is 9.42. The molecule has 68 valence electrons. The summed E-state index contributed by atoms with van der Waals surface area (Å²) in [5, 5.41) is 4.40. The lowest BCUT2D eigenvalue weighted by Crippen LogP contribution is -2.03. The van der Waals surface area contributed by atoms with Crippen LogP contribution in [-0.2, 0) is 10.8 Å². The van der Waals surface area contributed by atoms with Gasteiger partial charge < -0.3 is 0 Å². The number of aromatic nitrogens is 4. The molecule has 2 aromatic heterocycles. The van der Waals surface area contributed by atoms with Gasteiger partial charge in [-0.1, -0.05) is 0 Å². The van der Waals surface area contributed by atoms with Gasteiger partial charge in [0, 0.05) is 6.26 Å². The Hall–Kier alpha value is -1.30. The molecule has 0 aliphatic carbocycles. The van der Waals surface area contributed by atoms with Crippen molar-refractivity contribution in [3.05, 3.63) is 18.2 Å². The molecule has 13 heavy (non-hydrogen) atoms. The Balaban J connectivity index is 2.72. The first-order chi connectivity index (χ1) is 6.18. The zero-order valence-corrected chi connectivity index (χ0v) is 8.08. The van der Waals surface area contributed by atoms with Gasteiger partial charge in [-0.15, -0.1) is 5.10 Å². The third kappa shape index (κ3) is 1.33. The normalized spacial score (nSPS) is 13.4. The molecule has 0 aromatic carbocycles. The molecule has 0 spiro atoms. The maximum Gasteiger partial charge on any atom is 0.237 e. The predicted octanol–water partition coefficient (Wildman–Crippen LogP) is 0.170. The van der Waals surface area contributed by atoms with Gasteiger partial charge in [-0.3, -0.25) is 4.21 Å². The van der Waals surface area contributed by atoms with Gasteiger partial charge in [0.25, 0.3) is 0 Å². The van der Waals surface area contributed by atoms with Gasteiger partial charge >= 0.3 is 0 Å². The van der Waals surface area contributed by atoms with Crippen LogP contribution in [0.5, 0.6) is 0 Å². The molecule has 0 bridgehead atoms. The van der Waals surface area contributed by atoms with E-state index in [-0.39, 0.29) is 0 Å². The highest BCUT2D eigenvalue weighted by atomic mass is 32.2. The Morgan fingerprint density at radius 1 is 1.38 bits per heavy atom. The van der Waals surface area contributed by atoms with Gasteiger partial charge in [0.05, 0.1) is 23.2 Å². The van der Waals surface area contributed by atoms with E-state index in [1.807, 2.05) is 6.92 Å². The van der Waals surface area contributed by atoms with Crippen molar-refractivity contribution in [2.24, 2.45) is 0 Å². The maximum atomic E-state index is 11.1. The second-order valence-electron chi connectivity index (χ2n) is 2.64. The molecule has 0 saturated carbocycles. The SMILES string of the molecule is Cc1ncc2cnc(S(C)=O)nn12. The molecule has 0 amide bonds. The molecule has 2 rings (SSSR count). The number of aryl methyl sites for hydroxylation is 1. The van der Waals surface area contributed by atoms with Crippen LogP contribution in [0.3, 0.4) is 0 Å². The van der Waals surface area contributed by atoms with Crippen LogP contribution in [-0.4, -0.2) is 30.0 Å². The lowest BCUT2D eigenvalue weighted by molar-refractivity contribution is 0.670. The lowest BCUT2D eigenvalue weighted by atomic mass is 10.6. The van der Waals surface area contributed by atoms with Crippen LogP contribution >= 0.6 is 0 Å².